The van der Waals surface area contributed by atoms with Crippen molar-refractivity contribution in [2.75, 3.05) is 24.2 Å². The number of anilines is 2. The molecule has 4 N–H and O–H groups in total. The van der Waals surface area contributed by atoms with E-state index in [1.165, 1.54) is 6.92 Å². The van der Waals surface area contributed by atoms with E-state index in [0.717, 1.165) is 0 Å². The maximum absolute atomic E-state index is 11.0. The molecule has 0 aliphatic carbocycles. The van der Waals surface area contributed by atoms with Crippen LogP contribution in [0.2, 0.25) is 0 Å². The van der Waals surface area contributed by atoms with Gasteiger partial charge >= 0.3 is 0 Å². The number of carbonyl (C=O) groups is 1. The van der Waals surface area contributed by atoms with Gasteiger partial charge in [0, 0.05) is 25.6 Å². The number of nitrogens with zero attached hydrogens (tertiary/aromatic N) is 3. The number of nitrogens with one attached hydrogen (secondary N) is 2. The summed E-state index contributed by atoms with van der Waals surface area (Å²) in [4.78, 5) is 23.6. The Morgan fingerprint density at radius 2 is 2.23 bits per heavy atom. The summed E-state index contributed by atoms with van der Waals surface area (Å²) in [6.45, 7) is 6.32. The summed E-state index contributed by atoms with van der Waals surface area (Å²) >= 11 is 0. The van der Waals surface area contributed by atoms with Gasteiger partial charge in [-0.15, -0.1) is 0 Å². The van der Waals surface area contributed by atoms with E-state index in [-0.39, 0.29) is 17.9 Å². The largest absolute Gasteiger partial charge is 0.492 e. The third-order valence-electron chi connectivity index (χ3n) is 2.88. The fraction of sp³-hybridized carbons (Fsp3) is 0.429. The van der Waals surface area contributed by atoms with Crippen molar-refractivity contribution in [2.24, 2.45) is 0 Å². The van der Waals surface area contributed by atoms with E-state index in [1.807, 2.05) is 13.8 Å². The van der Waals surface area contributed by atoms with Crippen molar-refractivity contribution in [1.82, 2.24) is 20.3 Å². The smallest absolute Gasteiger partial charge is 0.222 e. The quantitative estimate of drug-likeness (QED) is 0.727. The number of carbonyl (C=O) groups excluding carboxylic acids is 1. The molecule has 8 heteroatoms. The number of nitrogen functional groups attached to an aromatic ring is 1. The molecule has 0 radical (unpaired) electrons. The first kappa shape index (κ1) is 15.7. The zero-order chi connectivity index (χ0) is 16.1. The summed E-state index contributed by atoms with van der Waals surface area (Å²) in [6.07, 6.45) is 1.62. The van der Waals surface area contributed by atoms with Gasteiger partial charge in [0.15, 0.2) is 5.82 Å². The molecule has 2 heterocycles. The van der Waals surface area contributed by atoms with Gasteiger partial charge in [-0.3, -0.25) is 4.79 Å². The molecular formula is C14H20N6O2. The highest BCUT2D eigenvalue weighted by atomic mass is 16.5. The van der Waals surface area contributed by atoms with Crippen LogP contribution in [0.25, 0.3) is 11.0 Å². The average Bonchev–Trinajstić information content (AvgIpc) is 2.45. The normalized spacial score (nSPS) is 12.0. The van der Waals surface area contributed by atoms with Gasteiger partial charge in [-0.2, -0.15) is 4.98 Å². The van der Waals surface area contributed by atoms with E-state index in [4.69, 9.17) is 10.5 Å². The second-order valence-corrected chi connectivity index (χ2v) is 4.88. The van der Waals surface area contributed by atoms with Crippen LogP contribution in [0.5, 0.6) is 5.75 Å². The number of rotatable bonds is 6. The molecule has 2 aromatic rings. The minimum absolute atomic E-state index is 0.0326. The Bertz CT molecular complexity index is 676. The van der Waals surface area contributed by atoms with Crippen LogP contribution in [0.4, 0.5) is 11.8 Å². The molecule has 2 aromatic heterocycles. The molecule has 0 aromatic carbocycles. The second kappa shape index (κ2) is 6.88. The van der Waals surface area contributed by atoms with Crippen LogP contribution < -0.4 is 21.1 Å². The summed E-state index contributed by atoms with van der Waals surface area (Å²) in [6, 6.07) is 1.74. The fourth-order valence-electron chi connectivity index (χ4n) is 1.95. The lowest BCUT2D eigenvalue weighted by Gasteiger charge is -2.16. The molecule has 118 valence electrons. The molecule has 22 heavy (non-hydrogen) atoms. The lowest BCUT2D eigenvalue weighted by atomic mass is 10.3. The van der Waals surface area contributed by atoms with E-state index >= 15 is 0 Å². The van der Waals surface area contributed by atoms with E-state index in [0.29, 0.717) is 35.8 Å². The topological polar surface area (TPSA) is 115 Å². The van der Waals surface area contributed by atoms with Crippen molar-refractivity contribution in [1.29, 1.82) is 0 Å². The summed E-state index contributed by atoms with van der Waals surface area (Å²) in [5.74, 6) is 1.23. The van der Waals surface area contributed by atoms with E-state index in [1.54, 1.807) is 12.3 Å². The maximum atomic E-state index is 11.0. The lowest BCUT2D eigenvalue weighted by Crippen LogP contribution is -2.33. The van der Waals surface area contributed by atoms with Crippen LogP contribution in [-0.2, 0) is 4.79 Å². The molecule has 8 nitrogen and oxygen atoms in total. The van der Waals surface area contributed by atoms with Gasteiger partial charge in [0.05, 0.1) is 12.8 Å². The van der Waals surface area contributed by atoms with Crippen LogP contribution in [-0.4, -0.2) is 40.1 Å². The Hall–Kier alpha value is -2.64. The number of aromatic nitrogens is 3. The zero-order valence-electron chi connectivity index (χ0n) is 12.9. The average molecular weight is 304 g/mol. The Balaban J connectivity index is 2.26. The third kappa shape index (κ3) is 3.94. The highest BCUT2D eigenvalue weighted by Crippen LogP contribution is 2.23. The van der Waals surface area contributed by atoms with Gasteiger partial charge in [-0.05, 0) is 13.8 Å². The molecule has 1 atom stereocenters. The summed E-state index contributed by atoms with van der Waals surface area (Å²) < 4.78 is 5.41. The number of fused-ring (bicyclic) bond motifs is 1. The summed E-state index contributed by atoms with van der Waals surface area (Å²) in [7, 11) is 0. The monoisotopic (exact) mass is 304 g/mol. The number of nitrogens with two attached hydrogens (primary N) is 1. The number of hydrogen-bond donors (Lipinski definition) is 3. The molecule has 0 aliphatic heterocycles. The zero-order valence-corrected chi connectivity index (χ0v) is 12.9. The minimum atomic E-state index is -0.0832. The second-order valence-electron chi connectivity index (χ2n) is 4.88. The first-order valence-electron chi connectivity index (χ1n) is 7.06. The minimum Gasteiger partial charge on any atom is -0.492 e. The molecule has 2 rings (SSSR count). The standard InChI is InChI=1S/C14H20N6O2/c1-4-22-10-5-11-12(17-7-10)13(20-14(15)19-11)18-8(2)6-16-9(3)21/h5,7-8H,4,6H2,1-3H3,(H,16,21)(H3,15,18,19,20)/t8-/m0/s1. The Labute approximate surface area is 128 Å². The lowest BCUT2D eigenvalue weighted by molar-refractivity contribution is -0.118. The van der Waals surface area contributed by atoms with Crippen LogP contribution >= 0.6 is 0 Å². The Morgan fingerprint density at radius 1 is 1.45 bits per heavy atom. The van der Waals surface area contributed by atoms with Crippen molar-refractivity contribution in [3.63, 3.8) is 0 Å². The molecule has 0 unspecified atom stereocenters. The van der Waals surface area contributed by atoms with Crippen molar-refractivity contribution in [2.45, 2.75) is 26.8 Å². The van der Waals surface area contributed by atoms with E-state index in [2.05, 4.69) is 25.6 Å². The van der Waals surface area contributed by atoms with E-state index < -0.39 is 0 Å². The molecule has 1 amide bonds. The van der Waals surface area contributed by atoms with E-state index in [9.17, 15) is 4.79 Å². The third-order valence-corrected chi connectivity index (χ3v) is 2.88. The molecule has 0 aliphatic rings. The first-order chi connectivity index (χ1) is 10.5. The van der Waals surface area contributed by atoms with Gasteiger partial charge in [0.25, 0.3) is 0 Å². The van der Waals surface area contributed by atoms with Crippen LogP contribution in [0, 0.1) is 0 Å². The number of ether oxygens (including phenoxy) is 1. The van der Waals surface area contributed by atoms with Crippen molar-refractivity contribution >= 4 is 28.7 Å². The SMILES string of the molecule is CCOc1cnc2c(N[C@@H](C)CNC(C)=O)nc(N)nc2c1. The molecular weight excluding hydrogens is 284 g/mol. The van der Waals surface area contributed by atoms with Crippen LogP contribution in [0.3, 0.4) is 0 Å². The molecule has 0 saturated carbocycles. The Morgan fingerprint density at radius 3 is 2.91 bits per heavy atom. The number of hydrogen-bond acceptors (Lipinski definition) is 7. The van der Waals surface area contributed by atoms with Crippen molar-refractivity contribution in [3.8, 4) is 5.75 Å². The number of pyridine rings is 1. The fourth-order valence-corrected chi connectivity index (χ4v) is 1.95. The van der Waals surface area contributed by atoms with Crippen molar-refractivity contribution < 1.29 is 9.53 Å². The summed E-state index contributed by atoms with van der Waals surface area (Å²) in [5.41, 5.74) is 6.95. The van der Waals surface area contributed by atoms with Gasteiger partial charge in [0.1, 0.15) is 16.8 Å². The predicted molar refractivity (Wildman–Crippen MR) is 84.7 cm³/mol. The predicted octanol–water partition coefficient (Wildman–Crippen LogP) is 0.942. The molecule has 0 saturated heterocycles. The van der Waals surface area contributed by atoms with Gasteiger partial charge in [-0.1, -0.05) is 0 Å². The number of amides is 1. The van der Waals surface area contributed by atoms with Crippen LogP contribution in [0.1, 0.15) is 20.8 Å². The van der Waals surface area contributed by atoms with Gasteiger partial charge in [0.2, 0.25) is 11.9 Å². The highest BCUT2D eigenvalue weighted by Gasteiger charge is 2.12. The van der Waals surface area contributed by atoms with Crippen molar-refractivity contribution in [3.05, 3.63) is 12.3 Å². The molecule has 0 spiro atoms. The van der Waals surface area contributed by atoms with Crippen LogP contribution in [0.15, 0.2) is 12.3 Å². The first-order valence-corrected chi connectivity index (χ1v) is 7.06. The highest BCUT2D eigenvalue weighted by molar-refractivity contribution is 5.87. The molecule has 0 bridgehead atoms. The van der Waals surface area contributed by atoms with Gasteiger partial charge in [-0.25, -0.2) is 9.97 Å². The van der Waals surface area contributed by atoms with Gasteiger partial charge < -0.3 is 21.1 Å². The summed E-state index contributed by atoms with van der Waals surface area (Å²) in [5, 5.41) is 5.92. The Kier molecular flexibility index (Phi) is 4.92. The molecule has 0 fully saturated rings. The maximum Gasteiger partial charge on any atom is 0.222 e.